The molecule has 0 bridgehead atoms. The monoisotopic (exact) mass is 1860 g/mol. The number of carbonyl (C=O) groups is 5. The van der Waals surface area contributed by atoms with Crippen molar-refractivity contribution < 1.29 is 119 Å². The van der Waals surface area contributed by atoms with Gasteiger partial charge in [-0.05, 0) is 152 Å². The quantitative estimate of drug-likeness (QED) is 0.0220. The molecule has 1 aliphatic rings. The molecule has 3 N–H and O–H groups in total. The summed E-state index contributed by atoms with van der Waals surface area (Å²) in [6.45, 7) is 6.16. The molecule has 0 aliphatic carbocycles. The van der Waals surface area contributed by atoms with Gasteiger partial charge in [-0.25, -0.2) is 62.3 Å². The zero-order valence-electron chi connectivity index (χ0n) is 75.7. The van der Waals surface area contributed by atoms with Gasteiger partial charge in [-0.1, -0.05) is 97.1 Å². The van der Waals surface area contributed by atoms with Crippen LogP contribution in [0.15, 0.2) is 240 Å². The summed E-state index contributed by atoms with van der Waals surface area (Å²) in [6, 6.07) is 54.9. The molecule has 2 amide bonds. The minimum atomic E-state index is -1.92. The van der Waals surface area contributed by atoms with Crippen molar-refractivity contribution in [2.24, 2.45) is 15.1 Å². The average molecular weight is 1860 g/mol. The number of hydrogen-bond acceptors (Lipinski definition) is 18. The molecule has 0 fully saturated rings. The summed E-state index contributed by atoms with van der Waals surface area (Å²) in [5.74, 6) is -0.370. The van der Waals surface area contributed by atoms with Gasteiger partial charge in [-0.3, -0.25) is 19.2 Å². The summed E-state index contributed by atoms with van der Waals surface area (Å²) in [6.07, 6.45) is 0.862. The molecule has 132 heavy (non-hydrogen) atoms. The number of methoxy groups -OCH3 is 8. The summed E-state index contributed by atoms with van der Waals surface area (Å²) < 4.78 is 213. The van der Waals surface area contributed by atoms with Crippen LogP contribution in [0.1, 0.15) is 127 Å². The first-order valence-electron chi connectivity index (χ1n) is 40.6. The Labute approximate surface area is 763 Å². The minimum Gasteiger partial charge on any atom is -0.497 e. The smallest absolute Gasteiger partial charge is 0.318 e. The number of ether oxygens (including phenoxy) is 9. The van der Waals surface area contributed by atoms with Crippen LogP contribution in [0.4, 0.5) is 53.1 Å². The Hall–Kier alpha value is -13.4. The third-order valence-corrected chi connectivity index (χ3v) is 21.3. The van der Waals surface area contributed by atoms with E-state index in [4.69, 9.17) is 48.4 Å². The van der Waals surface area contributed by atoms with Crippen molar-refractivity contribution in [3.05, 3.63) is 321 Å². The van der Waals surface area contributed by atoms with E-state index in [2.05, 4.69) is 14.7 Å². The van der Waals surface area contributed by atoms with Crippen molar-refractivity contribution in [3.63, 3.8) is 0 Å². The van der Waals surface area contributed by atoms with E-state index < -0.39 is 125 Å². The first-order chi connectivity index (χ1) is 62.9. The van der Waals surface area contributed by atoms with Crippen LogP contribution in [0.2, 0.25) is 0 Å². The number of amidine groups is 1. The van der Waals surface area contributed by atoms with Gasteiger partial charge in [-0.2, -0.15) is 4.40 Å². The van der Waals surface area contributed by atoms with Gasteiger partial charge in [0, 0.05) is 81.6 Å². The molecule has 706 valence electrons. The number of carbonyl (C=O) groups excluding carboxylic acids is 5. The number of allylic oxidation sites excluding steroid dienone is 1. The zero-order chi connectivity index (χ0) is 97.6. The molecule has 0 radical (unpaired) electrons. The van der Waals surface area contributed by atoms with E-state index in [9.17, 15) is 76.5 Å². The zero-order valence-corrected chi connectivity index (χ0v) is 76.5. The van der Waals surface area contributed by atoms with Crippen LogP contribution in [0, 0.1) is 34.9 Å². The molecule has 10 aromatic carbocycles. The maximum atomic E-state index is 14.9. The number of ketones is 4. The maximum absolute atomic E-state index is 14.9. The first-order valence-corrected chi connectivity index (χ1v) is 41.7. The number of rotatable bonds is 33. The molecule has 10 aromatic rings. The highest BCUT2D eigenvalue weighted by Gasteiger charge is 2.41. The second-order valence-corrected chi connectivity index (χ2v) is 32.4. The molecule has 0 spiro atoms. The van der Waals surface area contributed by atoms with E-state index in [1.165, 1.54) is 157 Å². The summed E-state index contributed by atoms with van der Waals surface area (Å²) in [5.41, 5.74) is 3.48. The van der Waals surface area contributed by atoms with Crippen LogP contribution in [0.5, 0.6) is 46.0 Å². The molecule has 0 unspecified atom stereocenters. The number of nitrogens with two attached hydrogens (primary N) is 1. The van der Waals surface area contributed by atoms with Gasteiger partial charge in [0.25, 0.3) is 6.02 Å². The number of urea groups is 1. The lowest BCUT2D eigenvalue weighted by atomic mass is 9.86. The molecule has 1 heterocycles. The normalized spacial score (nSPS) is 13.6. The summed E-state index contributed by atoms with van der Waals surface area (Å²) in [5, 5.41) is 2.65. The van der Waals surface area contributed by atoms with E-state index >= 15 is 0 Å². The number of amides is 2. The fourth-order valence-corrected chi connectivity index (χ4v) is 13.8. The van der Waals surface area contributed by atoms with Crippen LogP contribution in [-0.4, -0.2) is 150 Å². The largest absolute Gasteiger partial charge is 0.497 e. The minimum absolute atomic E-state index is 0.0217. The van der Waals surface area contributed by atoms with E-state index in [1.807, 2.05) is 29.2 Å². The lowest BCUT2D eigenvalue weighted by Gasteiger charge is -2.35. The Morgan fingerprint density at radius 3 is 1.18 bits per heavy atom. The van der Waals surface area contributed by atoms with Crippen molar-refractivity contribution in [2.45, 2.75) is 109 Å². The molecule has 0 saturated heterocycles. The van der Waals surface area contributed by atoms with Gasteiger partial charge < -0.3 is 63.5 Å². The highest BCUT2D eigenvalue weighted by Crippen LogP contribution is 2.39. The number of halogens is 11. The lowest BCUT2D eigenvalue weighted by Crippen LogP contribution is -2.53. The van der Waals surface area contributed by atoms with Crippen molar-refractivity contribution >= 4 is 51.9 Å². The Balaban J connectivity index is 0.000000266. The standard InChI is InChI=1S/C30H34F2N2O6.C30H32F2N2O5.C12H15F2NOS.C11H13F2NO.C8H6F2O.C8H7FO/c1-20(35)16-30(19-31,25-8-6-7-9-26(25)32)33-29(36)34(17-21-10-12-23(37-2)14-27(21)39-4)18-22-11-13-24(38-3)15-28(22)40-5;1-20-16-30(19-31,25-8-6-7-9-26(25)32)33-29(39-20)34(17-21-10-12-23(35-2)14-27(21)37-4)18-22-11-13-24(36-3)15-28(22)38-5;1-12(2,3)17(16)15-11(8-13)9-6-4-5-7-10(9)14;1-8(15)6-11(14,7-12)9-4-2-3-5-10(9)13;9-5-8(11)6-3-1-2-4-7(6)10;1-6(10)7-4-2-3-5-8(7)9/h6-15H,16-19H2,1-5H3,(H,33,36);6-16H,17-19H2,1-5H3;4-7H,8H2,1-3H3;2-5H,6-7,14H2,1H3;1-4H,5H2;2-5H,1H3/t2*30-;17-;11-;;/m1111../s1. The molecule has 0 aromatic heterocycles. The molecule has 33 heteroatoms. The van der Waals surface area contributed by atoms with Crippen molar-refractivity contribution in [3.8, 4) is 46.0 Å². The second-order valence-electron chi connectivity index (χ2n) is 30.5. The van der Waals surface area contributed by atoms with E-state index in [-0.39, 0.29) is 89.3 Å². The maximum Gasteiger partial charge on any atom is 0.318 e. The summed E-state index contributed by atoms with van der Waals surface area (Å²) >= 11 is 0. The Bertz CT molecular complexity index is 5550. The van der Waals surface area contributed by atoms with Gasteiger partial charge in [0.1, 0.15) is 147 Å². The Kier molecular flexibility index (Phi) is 42.1. The van der Waals surface area contributed by atoms with Gasteiger partial charge in [0.15, 0.2) is 18.2 Å². The van der Waals surface area contributed by atoms with Gasteiger partial charge in [-0.15, -0.1) is 0 Å². The van der Waals surface area contributed by atoms with Gasteiger partial charge in [0.05, 0.1) is 110 Å². The predicted molar refractivity (Wildman–Crippen MR) is 484 cm³/mol. The Morgan fingerprint density at radius 2 is 0.841 bits per heavy atom. The molecule has 11 rings (SSSR count). The van der Waals surface area contributed by atoms with Crippen LogP contribution < -0.4 is 48.9 Å². The van der Waals surface area contributed by atoms with Crippen molar-refractivity contribution in [2.75, 3.05) is 90.3 Å². The van der Waals surface area contributed by atoms with Crippen molar-refractivity contribution in [1.29, 1.82) is 0 Å². The first kappa shape index (κ1) is 107. The lowest BCUT2D eigenvalue weighted by molar-refractivity contribution is -0.119. The number of aliphatic imine (C=N–C) groups is 1. The number of hydrogen-bond donors (Lipinski definition) is 2. The van der Waals surface area contributed by atoms with Gasteiger partial charge in [0.2, 0.25) is 0 Å². The number of Topliss-reactive ketones (excluding diaryl/α,β-unsaturated/α-hetero) is 4. The predicted octanol–water partition coefficient (Wildman–Crippen LogP) is 20.4. The Morgan fingerprint density at radius 1 is 0.462 bits per heavy atom. The molecule has 21 nitrogen and oxygen atoms in total. The summed E-state index contributed by atoms with van der Waals surface area (Å²) in [7, 11) is 10.7. The molecular formula is C99H107F11N6O15S. The van der Waals surface area contributed by atoms with Crippen LogP contribution in [-0.2, 0) is 68.1 Å². The number of nitrogens with one attached hydrogen (secondary N) is 1. The van der Waals surface area contributed by atoms with Crippen LogP contribution in [0.25, 0.3) is 0 Å². The SMILES string of the molecule is CC(=O)C[C@@](N)(CF)c1ccccc1F.CC(=O)c1ccccc1F.CC(C)(C)[S@@](=O)N=C(CF)c1ccccc1F.COc1ccc(CN(Cc2ccc(OC)cc2OC)C(=O)N[C@@](CF)(CC(C)=O)c2ccccc2F)c(OC)c1.COc1ccc(CN(Cc2ccc(OC)cc2OC)C2=N[C@](CF)(c3ccccc3F)C=C(C)O2)c(OC)c1.O=C(CF)c1ccccc1F. The fraction of sp³-hybridized carbons (Fsp3) is 0.303. The molecule has 4 atom stereocenters. The third kappa shape index (κ3) is 30.3. The highest BCUT2D eigenvalue weighted by atomic mass is 32.2. The number of nitrogens with zero attached hydrogens (tertiary/aromatic N) is 4. The van der Waals surface area contributed by atoms with Crippen LogP contribution >= 0.6 is 0 Å². The molecular weight excluding hydrogens is 1750 g/mol. The van der Waals surface area contributed by atoms with Crippen LogP contribution in [0.3, 0.4) is 0 Å². The van der Waals surface area contributed by atoms with E-state index in [0.29, 0.717) is 62.9 Å². The third-order valence-electron chi connectivity index (χ3n) is 19.8. The highest BCUT2D eigenvalue weighted by molar-refractivity contribution is 7.85. The average Bonchev–Trinajstić information content (AvgIpc) is 0.766. The topological polar surface area (TPSA) is 255 Å². The fourth-order valence-electron chi connectivity index (χ4n) is 13.1. The van der Waals surface area contributed by atoms with Gasteiger partial charge >= 0.3 is 6.03 Å². The van der Waals surface area contributed by atoms with Crippen molar-refractivity contribution in [1.82, 2.24) is 15.1 Å². The summed E-state index contributed by atoms with van der Waals surface area (Å²) in [4.78, 5) is 66.2. The molecule has 1 aliphatic heterocycles. The molecule has 0 saturated carbocycles. The van der Waals surface area contributed by atoms with E-state index in [1.54, 1.807) is 141 Å². The number of benzene rings is 10. The second kappa shape index (κ2) is 51.8. The van der Waals surface area contributed by atoms with E-state index in [0.717, 1.165) is 23.3 Å². The number of alkyl halides is 5.